The standard InChI is InChI=1S/C18H20N2O5/c1-3-17(21)25-15-5-4-13(11-16(15)23-2)10-14(12-19)18(22)20-6-8-24-9-7-20/h4-5,10-11H,3,6-9H2,1-2H3/b14-10+. The van der Waals surface area contributed by atoms with Gasteiger partial charge in [-0.25, -0.2) is 0 Å². The van der Waals surface area contributed by atoms with Crippen LogP contribution in [0, 0.1) is 11.3 Å². The van der Waals surface area contributed by atoms with Crippen molar-refractivity contribution < 1.29 is 23.8 Å². The third-order valence-electron chi connectivity index (χ3n) is 3.66. The normalized spacial score (nSPS) is 14.6. The fraction of sp³-hybridized carbons (Fsp3) is 0.389. The number of esters is 1. The Kier molecular flexibility index (Phi) is 6.54. The number of carbonyl (C=O) groups excluding carboxylic acids is 2. The van der Waals surface area contributed by atoms with Crippen molar-refractivity contribution >= 4 is 18.0 Å². The molecule has 0 unspecified atom stereocenters. The number of ether oxygens (including phenoxy) is 3. The van der Waals surface area contributed by atoms with E-state index in [0.29, 0.717) is 43.4 Å². The Morgan fingerprint density at radius 1 is 1.32 bits per heavy atom. The molecule has 7 heteroatoms. The molecule has 0 saturated carbocycles. The molecule has 0 bridgehead atoms. The first kappa shape index (κ1) is 18.5. The van der Waals surface area contributed by atoms with Crippen LogP contribution in [0.1, 0.15) is 18.9 Å². The molecule has 132 valence electrons. The Balaban J connectivity index is 2.23. The third kappa shape index (κ3) is 4.81. The number of amides is 1. The molecule has 1 amide bonds. The lowest BCUT2D eigenvalue weighted by Crippen LogP contribution is -2.41. The minimum atomic E-state index is -0.373. The van der Waals surface area contributed by atoms with Gasteiger partial charge in [-0.3, -0.25) is 9.59 Å². The molecular formula is C18H20N2O5. The summed E-state index contributed by atoms with van der Waals surface area (Å²) in [5.74, 6) is -0.0516. The van der Waals surface area contributed by atoms with E-state index in [1.807, 2.05) is 6.07 Å². The summed E-state index contributed by atoms with van der Waals surface area (Å²) in [6, 6.07) is 6.79. The highest BCUT2D eigenvalue weighted by Gasteiger charge is 2.20. The molecular weight excluding hydrogens is 324 g/mol. The molecule has 1 aliphatic rings. The zero-order valence-corrected chi connectivity index (χ0v) is 14.3. The van der Waals surface area contributed by atoms with E-state index < -0.39 is 0 Å². The predicted octanol–water partition coefficient (Wildman–Crippen LogP) is 1.78. The molecule has 1 aromatic carbocycles. The van der Waals surface area contributed by atoms with E-state index >= 15 is 0 Å². The molecule has 2 rings (SSSR count). The van der Waals surface area contributed by atoms with Crippen LogP contribution in [0.15, 0.2) is 23.8 Å². The van der Waals surface area contributed by atoms with Crippen molar-refractivity contribution in [2.75, 3.05) is 33.4 Å². The summed E-state index contributed by atoms with van der Waals surface area (Å²) < 4.78 is 15.6. The van der Waals surface area contributed by atoms with Gasteiger partial charge in [-0.05, 0) is 23.8 Å². The highest BCUT2D eigenvalue weighted by Crippen LogP contribution is 2.29. The summed E-state index contributed by atoms with van der Waals surface area (Å²) in [6.07, 6.45) is 1.74. The number of hydrogen-bond donors (Lipinski definition) is 0. The lowest BCUT2D eigenvalue weighted by atomic mass is 10.1. The fourth-order valence-corrected chi connectivity index (χ4v) is 2.30. The van der Waals surface area contributed by atoms with Crippen molar-refractivity contribution in [3.8, 4) is 17.6 Å². The van der Waals surface area contributed by atoms with Crippen molar-refractivity contribution in [1.82, 2.24) is 4.90 Å². The van der Waals surface area contributed by atoms with Crippen LogP contribution >= 0.6 is 0 Å². The molecule has 0 spiro atoms. The monoisotopic (exact) mass is 344 g/mol. The van der Waals surface area contributed by atoms with E-state index in [0.717, 1.165) is 0 Å². The quantitative estimate of drug-likeness (QED) is 0.350. The van der Waals surface area contributed by atoms with Crippen molar-refractivity contribution in [3.05, 3.63) is 29.3 Å². The van der Waals surface area contributed by atoms with Gasteiger partial charge >= 0.3 is 5.97 Å². The predicted molar refractivity (Wildman–Crippen MR) is 89.9 cm³/mol. The highest BCUT2D eigenvalue weighted by atomic mass is 16.6. The average Bonchev–Trinajstić information content (AvgIpc) is 2.67. The van der Waals surface area contributed by atoms with Crippen LogP contribution in [0.3, 0.4) is 0 Å². The maximum absolute atomic E-state index is 12.4. The molecule has 25 heavy (non-hydrogen) atoms. The molecule has 1 aromatic rings. The molecule has 1 saturated heterocycles. The Morgan fingerprint density at radius 3 is 2.64 bits per heavy atom. The molecule has 0 radical (unpaired) electrons. The number of carbonyl (C=O) groups is 2. The molecule has 1 aliphatic heterocycles. The summed E-state index contributed by atoms with van der Waals surface area (Å²) in [7, 11) is 1.45. The topological polar surface area (TPSA) is 88.9 Å². The number of hydrogen-bond acceptors (Lipinski definition) is 6. The van der Waals surface area contributed by atoms with E-state index in [1.54, 1.807) is 30.0 Å². The van der Waals surface area contributed by atoms with E-state index in [9.17, 15) is 14.9 Å². The second-order valence-electron chi connectivity index (χ2n) is 5.31. The minimum Gasteiger partial charge on any atom is -0.493 e. The van der Waals surface area contributed by atoms with E-state index in [-0.39, 0.29) is 23.9 Å². The Labute approximate surface area is 146 Å². The summed E-state index contributed by atoms with van der Waals surface area (Å²) >= 11 is 0. The van der Waals surface area contributed by atoms with Gasteiger partial charge in [-0.15, -0.1) is 0 Å². The first-order valence-corrected chi connectivity index (χ1v) is 7.96. The van der Waals surface area contributed by atoms with Crippen LogP contribution in [0.25, 0.3) is 6.08 Å². The number of nitriles is 1. The largest absolute Gasteiger partial charge is 0.493 e. The van der Waals surface area contributed by atoms with Crippen LogP contribution in [0.5, 0.6) is 11.5 Å². The number of methoxy groups -OCH3 is 1. The highest BCUT2D eigenvalue weighted by molar-refractivity contribution is 6.01. The van der Waals surface area contributed by atoms with Gasteiger partial charge in [-0.2, -0.15) is 5.26 Å². The Hall–Kier alpha value is -2.85. The number of nitrogens with zero attached hydrogens (tertiary/aromatic N) is 2. The molecule has 0 aromatic heterocycles. The van der Waals surface area contributed by atoms with Gasteiger partial charge < -0.3 is 19.1 Å². The SMILES string of the molecule is CCC(=O)Oc1ccc(/C=C(\C#N)C(=O)N2CCOCC2)cc1OC. The Morgan fingerprint density at radius 2 is 2.04 bits per heavy atom. The maximum Gasteiger partial charge on any atom is 0.311 e. The summed E-state index contributed by atoms with van der Waals surface area (Å²) in [6.45, 7) is 3.56. The molecule has 1 fully saturated rings. The summed E-state index contributed by atoms with van der Waals surface area (Å²) in [5.41, 5.74) is 0.633. The molecule has 0 N–H and O–H groups in total. The fourth-order valence-electron chi connectivity index (χ4n) is 2.30. The van der Waals surface area contributed by atoms with Gasteiger partial charge in [0.05, 0.1) is 20.3 Å². The van der Waals surface area contributed by atoms with Crippen LogP contribution < -0.4 is 9.47 Å². The van der Waals surface area contributed by atoms with E-state index in [2.05, 4.69) is 0 Å². The van der Waals surface area contributed by atoms with Crippen LogP contribution in [0.4, 0.5) is 0 Å². The van der Waals surface area contributed by atoms with Crippen LogP contribution in [-0.4, -0.2) is 50.2 Å². The van der Waals surface area contributed by atoms with Crippen molar-refractivity contribution in [3.63, 3.8) is 0 Å². The first-order chi connectivity index (χ1) is 12.1. The molecule has 0 aliphatic carbocycles. The van der Waals surface area contributed by atoms with Gasteiger partial charge in [0.25, 0.3) is 5.91 Å². The van der Waals surface area contributed by atoms with E-state index in [4.69, 9.17) is 14.2 Å². The van der Waals surface area contributed by atoms with Crippen molar-refractivity contribution in [2.45, 2.75) is 13.3 Å². The van der Waals surface area contributed by atoms with Crippen LogP contribution in [-0.2, 0) is 14.3 Å². The molecule has 7 nitrogen and oxygen atoms in total. The van der Waals surface area contributed by atoms with E-state index in [1.165, 1.54) is 13.2 Å². The number of benzene rings is 1. The first-order valence-electron chi connectivity index (χ1n) is 7.96. The summed E-state index contributed by atoms with van der Waals surface area (Å²) in [5, 5.41) is 9.32. The number of rotatable bonds is 5. The average molecular weight is 344 g/mol. The lowest BCUT2D eigenvalue weighted by molar-refractivity contribution is -0.134. The van der Waals surface area contributed by atoms with Crippen molar-refractivity contribution in [2.24, 2.45) is 0 Å². The molecule has 1 heterocycles. The van der Waals surface area contributed by atoms with Gasteiger partial charge in [0.2, 0.25) is 0 Å². The second-order valence-corrected chi connectivity index (χ2v) is 5.31. The summed E-state index contributed by atoms with van der Waals surface area (Å²) in [4.78, 5) is 25.4. The zero-order chi connectivity index (χ0) is 18.2. The lowest BCUT2D eigenvalue weighted by Gasteiger charge is -2.26. The van der Waals surface area contributed by atoms with Crippen LogP contribution in [0.2, 0.25) is 0 Å². The minimum absolute atomic E-state index is 0.0299. The maximum atomic E-state index is 12.4. The Bertz CT molecular complexity index is 715. The van der Waals surface area contributed by atoms with Gasteiger partial charge in [0.15, 0.2) is 11.5 Å². The smallest absolute Gasteiger partial charge is 0.311 e. The number of morpholine rings is 1. The van der Waals surface area contributed by atoms with Gasteiger partial charge in [0.1, 0.15) is 11.6 Å². The van der Waals surface area contributed by atoms with Gasteiger partial charge in [0, 0.05) is 19.5 Å². The third-order valence-corrected chi connectivity index (χ3v) is 3.66. The van der Waals surface area contributed by atoms with Crippen molar-refractivity contribution in [1.29, 1.82) is 5.26 Å². The molecule has 0 atom stereocenters. The zero-order valence-electron chi connectivity index (χ0n) is 14.3. The van der Waals surface area contributed by atoms with Gasteiger partial charge in [-0.1, -0.05) is 13.0 Å². The second kappa shape index (κ2) is 8.85.